The molecule has 164 valence electrons. The molecule has 1 fully saturated rings. The van der Waals surface area contributed by atoms with Crippen molar-refractivity contribution in [1.82, 2.24) is 15.3 Å². The molecule has 4 heterocycles. The molecule has 3 aromatic rings. The Balaban J connectivity index is 1.33. The van der Waals surface area contributed by atoms with Crippen molar-refractivity contribution in [2.75, 3.05) is 48.4 Å². The topological polar surface area (TPSA) is 113 Å². The van der Waals surface area contributed by atoms with Gasteiger partial charge in [0.15, 0.2) is 0 Å². The number of methoxy groups -OCH3 is 1. The Labute approximate surface area is 184 Å². The maximum Gasteiger partial charge on any atom is 0.305 e. The van der Waals surface area contributed by atoms with Gasteiger partial charge in [0.05, 0.1) is 37.4 Å². The highest BCUT2D eigenvalue weighted by molar-refractivity contribution is 6.09. The van der Waals surface area contributed by atoms with Crippen molar-refractivity contribution in [2.45, 2.75) is 6.54 Å². The number of hydrogen-bond donors (Lipinski definition) is 2. The van der Waals surface area contributed by atoms with E-state index in [4.69, 9.17) is 9.15 Å². The third-order valence-electron chi connectivity index (χ3n) is 5.57. The zero-order chi connectivity index (χ0) is 22.1. The van der Waals surface area contributed by atoms with Crippen LogP contribution >= 0.6 is 0 Å². The SMILES string of the molecule is COc1ccc2c(c1)C(=O)N(c1ncc(C(=O)Nc3cnccc3N3CCNCC3)o1)C2. The third-order valence-corrected chi connectivity index (χ3v) is 5.57. The van der Waals surface area contributed by atoms with Crippen LogP contribution in [0.3, 0.4) is 0 Å². The predicted octanol–water partition coefficient (Wildman–Crippen LogP) is 1.90. The molecular weight excluding hydrogens is 412 g/mol. The van der Waals surface area contributed by atoms with Crippen molar-refractivity contribution in [3.05, 3.63) is 59.7 Å². The van der Waals surface area contributed by atoms with Crippen molar-refractivity contribution in [2.24, 2.45) is 0 Å². The fourth-order valence-electron chi connectivity index (χ4n) is 3.91. The van der Waals surface area contributed by atoms with Crippen molar-refractivity contribution < 1.29 is 18.7 Å². The Kier molecular flexibility index (Phi) is 5.20. The van der Waals surface area contributed by atoms with Gasteiger partial charge in [-0.2, -0.15) is 0 Å². The molecule has 5 rings (SSSR count). The molecule has 32 heavy (non-hydrogen) atoms. The summed E-state index contributed by atoms with van der Waals surface area (Å²) in [4.78, 5) is 37.5. The molecule has 2 amide bonds. The zero-order valence-electron chi connectivity index (χ0n) is 17.5. The average Bonchev–Trinajstić information content (AvgIpc) is 3.45. The number of rotatable bonds is 5. The minimum absolute atomic E-state index is 0.0106. The number of aromatic nitrogens is 2. The molecule has 0 saturated carbocycles. The van der Waals surface area contributed by atoms with Crippen molar-refractivity contribution in [3.63, 3.8) is 0 Å². The van der Waals surface area contributed by atoms with E-state index in [-0.39, 0.29) is 17.7 Å². The average molecular weight is 434 g/mol. The summed E-state index contributed by atoms with van der Waals surface area (Å²) in [5.41, 5.74) is 2.86. The number of amides is 2. The standard InChI is InChI=1S/C22H22N6O4/c1-31-15-3-2-14-13-28(21(30)16(14)10-15)22-25-12-19(32-22)20(29)26-17-11-24-5-4-18(17)27-8-6-23-7-9-27/h2-5,10-12,23H,6-9,13H2,1H3,(H,26,29). The Morgan fingerprint density at radius 2 is 2.06 bits per heavy atom. The smallest absolute Gasteiger partial charge is 0.305 e. The number of piperazine rings is 1. The molecule has 0 aliphatic carbocycles. The Morgan fingerprint density at radius 3 is 2.88 bits per heavy atom. The monoisotopic (exact) mass is 434 g/mol. The van der Waals surface area contributed by atoms with Gasteiger partial charge in [0, 0.05) is 37.9 Å². The van der Waals surface area contributed by atoms with E-state index in [0.717, 1.165) is 37.4 Å². The first-order valence-corrected chi connectivity index (χ1v) is 10.3. The van der Waals surface area contributed by atoms with Crippen LogP contribution in [-0.2, 0) is 6.54 Å². The number of fused-ring (bicyclic) bond motifs is 1. The summed E-state index contributed by atoms with van der Waals surface area (Å²) in [5, 5.41) is 6.16. The molecular formula is C22H22N6O4. The van der Waals surface area contributed by atoms with Gasteiger partial charge >= 0.3 is 6.01 Å². The van der Waals surface area contributed by atoms with E-state index >= 15 is 0 Å². The van der Waals surface area contributed by atoms with Gasteiger partial charge in [0.2, 0.25) is 5.76 Å². The van der Waals surface area contributed by atoms with Crippen LogP contribution in [0.15, 0.2) is 47.3 Å². The van der Waals surface area contributed by atoms with Crippen molar-refractivity contribution in [3.8, 4) is 5.75 Å². The fourth-order valence-corrected chi connectivity index (χ4v) is 3.91. The van der Waals surface area contributed by atoms with Gasteiger partial charge < -0.3 is 24.7 Å². The number of nitrogens with zero attached hydrogens (tertiary/aromatic N) is 4. The maximum absolute atomic E-state index is 12.8. The lowest BCUT2D eigenvalue weighted by molar-refractivity contribution is 0.0974. The van der Waals surface area contributed by atoms with Gasteiger partial charge in [-0.25, -0.2) is 4.98 Å². The minimum atomic E-state index is -0.459. The molecule has 10 nitrogen and oxygen atoms in total. The van der Waals surface area contributed by atoms with E-state index in [1.807, 2.05) is 12.1 Å². The van der Waals surface area contributed by atoms with Crippen LogP contribution in [0, 0.1) is 0 Å². The lowest BCUT2D eigenvalue weighted by Crippen LogP contribution is -2.43. The van der Waals surface area contributed by atoms with Gasteiger partial charge in [-0.15, -0.1) is 0 Å². The molecule has 10 heteroatoms. The number of ether oxygens (including phenoxy) is 1. The molecule has 2 aliphatic rings. The summed E-state index contributed by atoms with van der Waals surface area (Å²) in [7, 11) is 1.55. The number of pyridine rings is 1. The van der Waals surface area contributed by atoms with E-state index < -0.39 is 5.91 Å². The largest absolute Gasteiger partial charge is 0.497 e. The second kappa shape index (κ2) is 8.31. The van der Waals surface area contributed by atoms with E-state index in [2.05, 4.69) is 25.5 Å². The fraction of sp³-hybridized carbons (Fsp3) is 0.273. The zero-order valence-corrected chi connectivity index (χ0v) is 17.5. The highest BCUT2D eigenvalue weighted by atomic mass is 16.5. The lowest BCUT2D eigenvalue weighted by Gasteiger charge is -2.30. The number of hydrogen-bond acceptors (Lipinski definition) is 8. The van der Waals surface area contributed by atoms with Gasteiger partial charge in [0.25, 0.3) is 11.8 Å². The molecule has 1 saturated heterocycles. The van der Waals surface area contributed by atoms with Crippen LogP contribution < -0.4 is 25.2 Å². The van der Waals surface area contributed by atoms with Crippen LogP contribution in [0.5, 0.6) is 5.75 Å². The van der Waals surface area contributed by atoms with Crippen LogP contribution in [0.2, 0.25) is 0 Å². The van der Waals surface area contributed by atoms with Crippen LogP contribution in [0.1, 0.15) is 26.5 Å². The second-order valence-electron chi connectivity index (χ2n) is 7.51. The van der Waals surface area contributed by atoms with Gasteiger partial charge in [-0.3, -0.25) is 19.5 Å². The molecule has 1 aromatic carbocycles. The van der Waals surface area contributed by atoms with Crippen LogP contribution in [-0.4, -0.2) is 55.1 Å². The number of anilines is 3. The molecule has 0 atom stereocenters. The number of nitrogens with one attached hydrogen (secondary N) is 2. The summed E-state index contributed by atoms with van der Waals surface area (Å²) in [6.07, 6.45) is 4.63. The van der Waals surface area contributed by atoms with E-state index in [9.17, 15) is 9.59 Å². The van der Waals surface area contributed by atoms with Gasteiger partial charge in [-0.05, 0) is 23.8 Å². The van der Waals surface area contributed by atoms with Gasteiger partial charge in [-0.1, -0.05) is 6.07 Å². The quantitative estimate of drug-likeness (QED) is 0.626. The van der Waals surface area contributed by atoms with Crippen molar-refractivity contribution >= 4 is 29.2 Å². The Morgan fingerprint density at radius 1 is 1.22 bits per heavy atom. The van der Waals surface area contributed by atoms with E-state index in [1.165, 1.54) is 11.1 Å². The summed E-state index contributed by atoms with van der Waals surface area (Å²) in [6.45, 7) is 3.73. The first-order chi connectivity index (χ1) is 15.6. The molecule has 0 bridgehead atoms. The summed E-state index contributed by atoms with van der Waals surface area (Å²) in [5.74, 6) is -0.0976. The van der Waals surface area contributed by atoms with Crippen LogP contribution in [0.4, 0.5) is 17.4 Å². The molecule has 0 spiro atoms. The Bertz CT molecular complexity index is 1170. The summed E-state index contributed by atoms with van der Waals surface area (Å²) < 4.78 is 10.9. The third kappa shape index (κ3) is 3.65. The number of carbonyl (C=O) groups excluding carboxylic acids is 2. The molecule has 2 N–H and O–H groups in total. The highest BCUT2D eigenvalue weighted by Gasteiger charge is 2.32. The molecule has 0 unspecified atom stereocenters. The summed E-state index contributed by atoms with van der Waals surface area (Å²) >= 11 is 0. The van der Waals surface area contributed by atoms with Crippen molar-refractivity contribution in [1.29, 1.82) is 0 Å². The molecule has 2 aromatic heterocycles. The summed E-state index contributed by atoms with van der Waals surface area (Å²) in [6, 6.07) is 7.27. The number of oxazole rings is 1. The number of benzene rings is 1. The van der Waals surface area contributed by atoms with Crippen LogP contribution in [0.25, 0.3) is 0 Å². The minimum Gasteiger partial charge on any atom is -0.497 e. The van der Waals surface area contributed by atoms with E-state index in [0.29, 0.717) is 23.5 Å². The predicted molar refractivity (Wildman–Crippen MR) is 117 cm³/mol. The number of carbonyl (C=O) groups is 2. The lowest BCUT2D eigenvalue weighted by atomic mass is 10.1. The maximum atomic E-state index is 12.8. The first kappa shape index (κ1) is 20.0. The Hall–Kier alpha value is -3.92. The normalized spacial score (nSPS) is 15.6. The second-order valence-corrected chi connectivity index (χ2v) is 7.51. The molecule has 2 aliphatic heterocycles. The first-order valence-electron chi connectivity index (χ1n) is 10.3. The molecule has 0 radical (unpaired) electrons. The highest BCUT2D eigenvalue weighted by Crippen LogP contribution is 2.31. The van der Waals surface area contributed by atoms with E-state index in [1.54, 1.807) is 31.6 Å². The van der Waals surface area contributed by atoms with Gasteiger partial charge in [0.1, 0.15) is 5.75 Å².